The molecule has 100 valence electrons. The summed E-state index contributed by atoms with van der Waals surface area (Å²) in [5.74, 6) is -3.22. The van der Waals surface area contributed by atoms with Gasteiger partial charge in [0.15, 0.2) is 0 Å². The van der Waals surface area contributed by atoms with Gasteiger partial charge in [-0.3, -0.25) is 9.48 Å². The second-order valence-corrected chi connectivity index (χ2v) is 5.03. The van der Waals surface area contributed by atoms with E-state index in [0.29, 0.717) is 13.0 Å². The Labute approximate surface area is 105 Å². The van der Waals surface area contributed by atoms with Crippen molar-refractivity contribution in [2.45, 2.75) is 52.0 Å². The third-order valence-electron chi connectivity index (χ3n) is 3.50. The molecule has 0 aromatic carbocycles. The zero-order chi connectivity index (χ0) is 13.3. The molecule has 1 heterocycles. The maximum Gasteiger partial charge on any atom is 0.248 e. The normalized spacial score (nSPS) is 22.3. The van der Waals surface area contributed by atoms with E-state index in [4.69, 9.17) is 0 Å². The lowest BCUT2D eigenvalue weighted by Gasteiger charge is -2.10. The molecule has 3 nitrogen and oxygen atoms in total. The van der Waals surface area contributed by atoms with E-state index in [2.05, 4.69) is 5.10 Å². The second kappa shape index (κ2) is 4.78. The number of aryl methyl sites for hydroxylation is 2. The molecule has 1 fully saturated rings. The highest BCUT2D eigenvalue weighted by Crippen LogP contribution is 2.39. The molecular formula is C13H18F2N2O. The Bertz CT molecular complexity index is 454. The first-order valence-electron chi connectivity index (χ1n) is 6.35. The molecular weight excluding hydrogens is 238 g/mol. The number of alkyl halides is 2. The van der Waals surface area contributed by atoms with E-state index in [9.17, 15) is 13.6 Å². The van der Waals surface area contributed by atoms with Gasteiger partial charge in [-0.25, -0.2) is 8.78 Å². The van der Waals surface area contributed by atoms with Crippen LogP contribution in [0, 0.1) is 12.8 Å². The number of ketones is 1. The van der Waals surface area contributed by atoms with Gasteiger partial charge >= 0.3 is 0 Å². The first kappa shape index (κ1) is 13.2. The maximum atomic E-state index is 13.1. The molecule has 1 aromatic rings. The highest BCUT2D eigenvalue weighted by Gasteiger charge is 2.42. The van der Waals surface area contributed by atoms with E-state index in [1.807, 2.05) is 19.9 Å². The molecule has 1 saturated carbocycles. The molecule has 1 aromatic heterocycles. The molecule has 0 radical (unpaired) electrons. The molecule has 0 saturated heterocycles. The molecule has 0 N–H and O–H groups in total. The monoisotopic (exact) mass is 256 g/mol. The number of rotatable bonds is 4. The van der Waals surface area contributed by atoms with Crippen molar-refractivity contribution in [1.82, 2.24) is 9.78 Å². The summed E-state index contributed by atoms with van der Waals surface area (Å²) in [7, 11) is 0. The summed E-state index contributed by atoms with van der Waals surface area (Å²) in [6.45, 7) is 4.51. The van der Waals surface area contributed by atoms with E-state index in [-0.39, 0.29) is 25.0 Å². The summed E-state index contributed by atoms with van der Waals surface area (Å²) in [6.07, 6.45) is 0.0844. The van der Waals surface area contributed by atoms with Crippen LogP contribution in [0.25, 0.3) is 0 Å². The Morgan fingerprint density at radius 1 is 1.61 bits per heavy atom. The summed E-state index contributed by atoms with van der Waals surface area (Å²) >= 11 is 0. The van der Waals surface area contributed by atoms with Gasteiger partial charge in [0.05, 0.1) is 5.69 Å². The van der Waals surface area contributed by atoms with Crippen LogP contribution in [0.5, 0.6) is 0 Å². The van der Waals surface area contributed by atoms with Crippen LogP contribution in [0.3, 0.4) is 0 Å². The Kier molecular flexibility index (Phi) is 3.50. The van der Waals surface area contributed by atoms with Gasteiger partial charge in [0.1, 0.15) is 5.78 Å². The Morgan fingerprint density at radius 2 is 2.33 bits per heavy atom. The van der Waals surface area contributed by atoms with Crippen LogP contribution >= 0.6 is 0 Å². The highest BCUT2D eigenvalue weighted by molar-refractivity contribution is 5.83. The molecule has 2 rings (SSSR count). The van der Waals surface area contributed by atoms with Gasteiger partial charge in [0, 0.05) is 37.4 Å². The fourth-order valence-corrected chi connectivity index (χ4v) is 2.56. The average Bonchev–Trinajstić information content (AvgIpc) is 2.81. The maximum absolute atomic E-state index is 13.1. The summed E-state index contributed by atoms with van der Waals surface area (Å²) < 4.78 is 27.9. The van der Waals surface area contributed by atoms with Crippen LogP contribution in [-0.4, -0.2) is 21.5 Å². The largest absolute Gasteiger partial charge is 0.299 e. The summed E-state index contributed by atoms with van der Waals surface area (Å²) in [4.78, 5) is 12.0. The molecule has 5 heteroatoms. The number of halogens is 2. The van der Waals surface area contributed by atoms with Gasteiger partial charge in [0.25, 0.3) is 0 Å². The van der Waals surface area contributed by atoms with Crippen LogP contribution < -0.4 is 0 Å². The highest BCUT2D eigenvalue weighted by atomic mass is 19.3. The van der Waals surface area contributed by atoms with Gasteiger partial charge in [-0.05, 0) is 26.3 Å². The minimum atomic E-state index is -2.65. The van der Waals surface area contributed by atoms with Crippen LogP contribution in [-0.2, 0) is 17.8 Å². The molecule has 1 aliphatic carbocycles. The Morgan fingerprint density at radius 3 is 2.89 bits per heavy atom. The van der Waals surface area contributed by atoms with Gasteiger partial charge < -0.3 is 0 Å². The summed E-state index contributed by atoms with van der Waals surface area (Å²) in [5.41, 5.74) is 1.69. The smallest absolute Gasteiger partial charge is 0.248 e. The van der Waals surface area contributed by atoms with Crippen molar-refractivity contribution in [1.29, 1.82) is 0 Å². The second-order valence-electron chi connectivity index (χ2n) is 5.03. The molecule has 0 spiro atoms. The van der Waals surface area contributed by atoms with Crippen molar-refractivity contribution >= 4 is 5.78 Å². The van der Waals surface area contributed by atoms with Gasteiger partial charge in [-0.15, -0.1) is 0 Å². The number of hydrogen-bond acceptors (Lipinski definition) is 2. The number of hydrogen-bond donors (Lipinski definition) is 0. The van der Waals surface area contributed by atoms with E-state index < -0.39 is 11.8 Å². The van der Waals surface area contributed by atoms with Crippen LogP contribution in [0.2, 0.25) is 0 Å². The van der Waals surface area contributed by atoms with Crippen molar-refractivity contribution in [2.75, 3.05) is 0 Å². The quantitative estimate of drug-likeness (QED) is 0.830. The fourth-order valence-electron chi connectivity index (χ4n) is 2.56. The molecule has 18 heavy (non-hydrogen) atoms. The zero-order valence-corrected chi connectivity index (χ0v) is 10.7. The fraction of sp³-hybridized carbons (Fsp3) is 0.692. The molecule has 1 atom stereocenters. The first-order valence-corrected chi connectivity index (χ1v) is 6.35. The average molecular weight is 256 g/mol. The molecule has 0 amide bonds. The lowest BCUT2D eigenvalue weighted by Crippen LogP contribution is -2.19. The Hall–Kier alpha value is -1.26. The summed E-state index contributed by atoms with van der Waals surface area (Å²) in [5, 5.41) is 4.25. The van der Waals surface area contributed by atoms with E-state index in [0.717, 1.165) is 11.4 Å². The number of carbonyl (C=O) groups is 1. The third-order valence-corrected chi connectivity index (χ3v) is 3.50. The van der Waals surface area contributed by atoms with E-state index in [1.165, 1.54) is 0 Å². The third kappa shape index (κ3) is 2.76. The van der Waals surface area contributed by atoms with Crippen molar-refractivity contribution in [2.24, 2.45) is 5.92 Å². The predicted molar refractivity (Wildman–Crippen MR) is 63.6 cm³/mol. The lowest BCUT2D eigenvalue weighted by atomic mass is 9.98. The van der Waals surface area contributed by atoms with Gasteiger partial charge in [-0.2, -0.15) is 5.10 Å². The van der Waals surface area contributed by atoms with Crippen molar-refractivity contribution in [3.8, 4) is 0 Å². The molecule has 0 bridgehead atoms. The number of aromatic nitrogens is 2. The first-order chi connectivity index (χ1) is 8.41. The molecule has 1 aliphatic rings. The van der Waals surface area contributed by atoms with Crippen molar-refractivity contribution in [3.05, 3.63) is 17.5 Å². The Balaban J connectivity index is 2.03. The van der Waals surface area contributed by atoms with Crippen molar-refractivity contribution in [3.63, 3.8) is 0 Å². The van der Waals surface area contributed by atoms with Crippen LogP contribution in [0.1, 0.15) is 37.6 Å². The topological polar surface area (TPSA) is 34.9 Å². The lowest BCUT2D eigenvalue weighted by molar-refractivity contribution is -0.123. The minimum absolute atomic E-state index is 0.0817. The van der Waals surface area contributed by atoms with Crippen molar-refractivity contribution < 1.29 is 13.6 Å². The standard InChI is InChI=1S/C13H18F2N2O/c1-3-17-11(6-9(2)16-17)7-12(18)10-4-5-13(14,15)8-10/h6,10H,3-5,7-8H2,1-2H3. The number of carbonyl (C=O) groups excluding carboxylic acids is 1. The predicted octanol–water partition coefficient (Wildman–Crippen LogP) is 2.76. The van der Waals surface area contributed by atoms with E-state index >= 15 is 0 Å². The van der Waals surface area contributed by atoms with Crippen LogP contribution in [0.4, 0.5) is 8.78 Å². The van der Waals surface area contributed by atoms with Gasteiger partial charge in [-0.1, -0.05) is 0 Å². The molecule has 0 aliphatic heterocycles. The van der Waals surface area contributed by atoms with Crippen LogP contribution in [0.15, 0.2) is 6.07 Å². The minimum Gasteiger partial charge on any atom is -0.299 e. The summed E-state index contributed by atoms with van der Waals surface area (Å²) in [6, 6.07) is 1.86. The van der Waals surface area contributed by atoms with E-state index in [1.54, 1.807) is 4.68 Å². The zero-order valence-electron chi connectivity index (χ0n) is 10.7. The van der Waals surface area contributed by atoms with Gasteiger partial charge in [0.2, 0.25) is 5.92 Å². The number of Topliss-reactive ketones (excluding diaryl/α,β-unsaturated/α-hetero) is 1. The number of nitrogens with zero attached hydrogens (tertiary/aromatic N) is 2. The SMILES string of the molecule is CCn1nc(C)cc1CC(=O)C1CCC(F)(F)C1. The molecule has 1 unspecified atom stereocenters.